The van der Waals surface area contributed by atoms with Crippen molar-refractivity contribution >= 4 is 57.9 Å². The van der Waals surface area contributed by atoms with Crippen molar-refractivity contribution in [2.75, 3.05) is 13.2 Å². The van der Waals surface area contributed by atoms with Crippen LogP contribution < -0.4 is 9.47 Å². The first kappa shape index (κ1) is 24.8. The molecule has 9 heteroatoms. The minimum Gasteiger partial charge on any atom is -0.490 e. The third kappa shape index (κ3) is 6.37. The molecule has 1 aliphatic heterocycles. The van der Waals surface area contributed by atoms with E-state index < -0.39 is 18.4 Å². The van der Waals surface area contributed by atoms with Crippen LogP contribution in [0.4, 0.5) is 0 Å². The number of aliphatic carboxylic acids is 1. The van der Waals surface area contributed by atoms with Crippen molar-refractivity contribution in [3.63, 3.8) is 0 Å². The van der Waals surface area contributed by atoms with Crippen LogP contribution in [0.5, 0.6) is 11.5 Å². The van der Waals surface area contributed by atoms with Crippen LogP contribution in [0.15, 0.2) is 54.0 Å². The number of benzene rings is 2. The van der Waals surface area contributed by atoms with Gasteiger partial charge in [-0.05, 0) is 54.8 Å². The summed E-state index contributed by atoms with van der Waals surface area (Å²) in [6.45, 7) is 5.99. The van der Waals surface area contributed by atoms with E-state index in [0.29, 0.717) is 46.6 Å². The summed E-state index contributed by atoms with van der Waals surface area (Å²) in [5.74, 6) is -0.416. The van der Waals surface area contributed by atoms with Gasteiger partial charge >= 0.3 is 5.97 Å². The molecule has 0 spiro atoms. The molecule has 172 valence electrons. The molecule has 0 aliphatic carbocycles. The summed E-state index contributed by atoms with van der Waals surface area (Å²) >= 11 is 12.2. The zero-order chi connectivity index (χ0) is 24.0. The molecule has 0 unspecified atom stereocenters. The molecule has 0 radical (unpaired) electrons. The summed E-state index contributed by atoms with van der Waals surface area (Å²) in [6, 6.07) is 11.1. The van der Waals surface area contributed by atoms with Crippen molar-refractivity contribution in [1.29, 1.82) is 0 Å². The van der Waals surface area contributed by atoms with Crippen molar-refractivity contribution in [2.24, 2.45) is 0 Å². The van der Waals surface area contributed by atoms with Gasteiger partial charge in [-0.2, -0.15) is 0 Å². The number of hydrogen-bond acceptors (Lipinski definition) is 6. The third-order valence-electron chi connectivity index (χ3n) is 4.58. The number of nitrogens with zero attached hydrogens (tertiary/aromatic N) is 1. The Morgan fingerprint density at radius 1 is 1.27 bits per heavy atom. The number of carboxylic acid groups (broad SMARTS) is 1. The summed E-state index contributed by atoms with van der Waals surface area (Å²) in [7, 11) is 0. The van der Waals surface area contributed by atoms with E-state index in [1.165, 1.54) is 0 Å². The summed E-state index contributed by atoms with van der Waals surface area (Å²) in [6.07, 6.45) is 3.97. The highest BCUT2D eigenvalue weighted by molar-refractivity contribution is 8.26. The van der Waals surface area contributed by atoms with Gasteiger partial charge in [0.05, 0.1) is 11.5 Å². The van der Waals surface area contributed by atoms with E-state index in [-0.39, 0.29) is 4.32 Å². The second-order valence-electron chi connectivity index (χ2n) is 7.01. The third-order valence-corrected chi connectivity index (χ3v) is 6.21. The standard InChI is InChI=1S/C24H22ClNO5S2/c1-3-5-17-10-16(12-20-23(29)26(13-21(27)28)24(32)33-20)11-19(30-4-2)22(17)31-14-15-6-8-18(25)9-7-15/h3,6-12H,1,4-5,13-14H2,2H3,(H,27,28)/b20-12+. The molecule has 2 aromatic rings. The molecule has 6 nitrogen and oxygen atoms in total. The van der Waals surface area contributed by atoms with Gasteiger partial charge in [0, 0.05) is 10.6 Å². The molecule has 33 heavy (non-hydrogen) atoms. The number of carbonyl (C=O) groups is 2. The fourth-order valence-corrected chi connectivity index (χ4v) is 4.54. The van der Waals surface area contributed by atoms with Crippen LogP contribution in [0.2, 0.25) is 5.02 Å². The molecule has 0 atom stereocenters. The topological polar surface area (TPSA) is 76.1 Å². The van der Waals surface area contributed by atoms with Crippen LogP contribution >= 0.6 is 35.6 Å². The van der Waals surface area contributed by atoms with E-state index in [0.717, 1.165) is 27.8 Å². The van der Waals surface area contributed by atoms with Crippen molar-refractivity contribution in [2.45, 2.75) is 20.0 Å². The molecular weight excluding hydrogens is 482 g/mol. The molecular formula is C24H22ClNO5S2. The number of ether oxygens (including phenoxy) is 2. The van der Waals surface area contributed by atoms with E-state index in [2.05, 4.69) is 6.58 Å². The average Bonchev–Trinajstić information content (AvgIpc) is 3.02. The Morgan fingerprint density at radius 3 is 2.64 bits per heavy atom. The Kier molecular flexibility index (Phi) is 8.55. The van der Waals surface area contributed by atoms with Gasteiger partial charge in [0.2, 0.25) is 0 Å². The first-order chi connectivity index (χ1) is 15.8. The van der Waals surface area contributed by atoms with Gasteiger partial charge < -0.3 is 14.6 Å². The summed E-state index contributed by atoms with van der Waals surface area (Å²) in [5, 5.41) is 9.68. The number of carbonyl (C=O) groups excluding carboxylic acids is 1. The summed E-state index contributed by atoms with van der Waals surface area (Å²) < 4.78 is 12.2. The van der Waals surface area contributed by atoms with Crippen LogP contribution in [0.25, 0.3) is 6.08 Å². The minimum absolute atomic E-state index is 0.216. The van der Waals surface area contributed by atoms with Gasteiger partial charge in [0.15, 0.2) is 11.5 Å². The minimum atomic E-state index is -1.12. The Labute approximate surface area is 206 Å². The smallest absolute Gasteiger partial charge is 0.323 e. The molecule has 0 saturated carbocycles. The molecule has 3 rings (SSSR count). The van der Waals surface area contributed by atoms with Crippen LogP contribution in [0, 0.1) is 0 Å². The van der Waals surface area contributed by atoms with Gasteiger partial charge in [-0.1, -0.05) is 53.8 Å². The highest BCUT2D eigenvalue weighted by atomic mass is 35.5. The van der Waals surface area contributed by atoms with Crippen molar-refractivity contribution in [1.82, 2.24) is 4.90 Å². The van der Waals surface area contributed by atoms with Crippen molar-refractivity contribution in [3.05, 3.63) is 75.7 Å². The number of amides is 1. The second-order valence-corrected chi connectivity index (χ2v) is 9.12. The first-order valence-electron chi connectivity index (χ1n) is 10.1. The first-order valence-corrected chi connectivity index (χ1v) is 11.7. The zero-order valence-corrected chi connectivity index (χ0v) is 20.3. The summed E-state index contributed by atoms with van der Waals surface area (Å²) in [5.41, 5.74) is 2.51. The maximum atomic E-state index is 12.6. The Hall–Kier alpha value is -2.81. The van der Waals surface area contributed by atoms with E-state index in [1.54, 1.807) is 30.4 Å². The number of thioether (sulfide) groups is 1. The van der Waals surface area contributed by atoms with Gasteiger partial charge in [0.25, 0.3) is 5.91 Å². The second kappa shape index (κ2) is 11.4. The number of carboxylic acids is 1. The predicted molar refractivity (Wildman–Crippen MR) is 135 cm³/mol. The number of halogens is 1. The maximum absolute atomic E-state index is 12.6. The molecule has 1 N–H and O–H groups in total. The monoisotopic (exact) mass is 503 g/mol. The molecule has 0 aromatic heterocycles. The van der Waals surface area contributed by atoms with E-state index in [1.807, 2.05) is 25.1 Å². The zero-order valence-electron chi connectivity index (χ0n) is 17.9. The average molecular weight is 504 g/mol. The molecule has 1 heterocycles. The van der Waals surface area contributed by atoms with Crippen LogP contribution in [-0.4, -0.2) is 39.4 Å². The van der Waals surface area contributed by atoms with Crippen LogP contribution in [0.3, 0.4) is 0 Å². The Bertz CT molecular complexity index is 1110. The van der Waals surface area contributed by atoms with Gasteiger partial charge in [-0.15, -0.1) is 6.58 Å². The lowest BCUT2D eigenvalue weighted by molar-refractivity contribution is -0.140. The molecule has 1 amide bonds. The molecule has 1 fully saturated rings. The Balaban J connectivity index is 1.93. The Morgan fingerprint density at radius 2 is 2.00 bits per heavy atom. The van der Waals surface area contributed by atoms with Crippen molar-refractivity contribution < 1.29 is 24.2 Å². The predicted octanol–water partition coefficient (Wildman–Crippen LogP) is 5.33. The van der Waals surface area contributed by atoms with E-state index >= 15 is 0 Å². The van der Waals surface area contributed by atoms with Crippen molar-refractivity contribution in [3.8, 4) is 11.5 Å². The SMILES string of the molecule is C=CCc1cc(/C=C2/SC(=S)N(CC(=O)O)C2=O)cc(OCC)c1OCc1ccc(Cl)cc1. The number of rotatable bonds is 10. The van der Waals surface area contributed by atoms with E-state index in [4.69, 9.17) is 38.4 Å². The molecule has 0 bridgehead atoms. The number of allylic oxidation sites excluding steroid dienone is 1. The fraction of sp³-hybridized carbons (Fsp3) is 0.208. The highest BCUT2D eigenvalue weighted by Gasteiger charge is 2.33. The van der Waals surface area contributed by atoms with E-state index in [9.17, 15) is 9.59 Å². The number of hydrogen-bond donors (Lipinski definition) is 1. The molecule has 1 aliphatic rings. The maximum Gasteiger partial charge on any atom is 0.323 e. The largest absolute Gasteiger partial charge is 0.490 e. The lowest BCUT2D eigenvalue weighted by Gasteiger charge is -2.17. The van der Waals surface area contributed by atoms with Gasteiger partial charge in [-0.3, -0.25) is 14.5 Å². The van der Waals surface area contributed by atoms with Gasteiger partial charge in [0.1, 0.15) is 17.5 Å². The lowest BCUT2D eigenvalue weighted by atomic mass is 10.0. The quantitative estimate of drug-likeness (QED) is 0.267. The fourth-order valence-electron chi connectivity index (χ4n) is 3.16. The lowest BCUT2D eigenvalue weighted by Crippen LogP contribution is -2.33. The summed E-state index contributed by atoms with van der Waals surface area (Å²) in [4.78, 5) is 25.1. The number of thiocarbonyl (C=S) groups is 1. The molecule has 1 saturated heterocycles. The van der Waals surface area contributed by atoms with Crippen LogP contribution in [-0.2, 0) is 22.6 Å². The molecule has 2 aromatic carbocycles. The highest BCUT2D eigenvalue weighted by Crippen LogP contribution is 2.38. The van der Waals surface area contributed by atoms with Gasteiger partial charge in [-0.25, -0.2) is 0 Å². The normalized spacial score (nSPS) is 14.6. The van der Waals surface area contributed by atoms with Crippen LogP contribution in [0.1, 0.15) is 23.6 Å².